The highest BCUT2D eigenvalue weighted by molar-refractivity contribution is 14.1. The first-order chi connectivity index (χ1) is 14.8. The van der Waals surface area contributed by atoms with Gasteiger partial charge < -0.3 is 21.7 Å². The summed E-state index contributed by atoms with van der Waals surface area (Å²) in [5.41, 5.74) is 13.7. The number of nitrogens with one attached hydrogen (secondary N) is 1. The third-order valence-electron chi connectivity index (χ3n) is 5.11. The zero-order chi connectivity index (χ0) is 22.8. The van der Waals surface area contributed by atoms with E-state index in [4.69, 9.17) is 11.5 Å². The van der Waals surface area contributed by atoms with Crippen molar-refractivity contribution in [3.05, 3.63) is 69.0 Å². The molecular weight excluding hydrogens is 510 g/mol. The summed E-state index contributed by atoms with van der Waals surface area (Å²) in [6, 6.07) is 12.6. The topological polar surface area (TPSA) is 101 Å². The van der Waals surface area contributed by atoms with Crippen molar-refractivity contribution in [2.45, 2.75) is 37.8 Å². The van der Waals surface area contributed by atoms with E-state index in [1.165, 1.54) is 17.0 Å². The molecule has 0 radical (unpaired) electrons. The fourth-order valence-electron chi connectivity index (χ4n) is 3.29. The number of amides is 2. The van der Waals surface area contributed by atoms with Gasteiger partial charge in [0.15, 0.2) is 0 Å². The van der Waals surface area contributed by atoms with Gasteiger partial charge in [-0.15, -0.1) is 0 Å². The van der Waals surface area contributed by atoms with Crippen LogP contribution in [0.25, 0.3) is 0 Å². The molecule has 2 amide bonds. The van der Waals surface area contributed by atoms with Crippen LogP contribution in [-0.4, -0.2) is 48.9 Å². The summed E-state index contributed by atoms with van der Waals surface area (Å²) >= 11 is 2.22. The summed E-state index contributed by atoms with van der Waals surface area (Å²) in [6.07, 6.45) is 2.03. The van der Waals surface area contributed by atoms with Gasteiger partial charge in [-0.25, -0.2) is 4.39 Å². The Balaban J connectivity index is 1.95. The quantitative estimate of drug-likeness (QED) is 0.381. The third kappa shape index (κ3) is 8.19. The fraction of sp³-hybridized carbons (Fsp3) is 0.391. The average Bonchev–Trinajstić information content (AvgIpc) is 2.76. The maximum Gasteiger partial charge on any atom is 0.242 e. The number of halogens is 2. The van der Waals surface area contributed by atoms with Crippen molar-refractivity contribution in [3.63, 3.8) is 0 Å². The zero-order valence-corrected chi connectivity index (χ0v) is 19.8. The summed E-state index contributed by atoms with van der Waals surface area (Å²) in [5.74, 6) is -0.821. The molecule has 0 aromatic heterocycles. The van der Waals surface area contributed by atoms with Crippen LogP contribution in [0.15, 0.2) is 48.5 Å². The van der Waals surface area contributed by atoms with E-state index in [2.05, 4.69) is 27.9 Å². The van der Waals surface area contributed by atoms with Gasteiger partial charge in [-0.2, -0.15) is 0 Å². The van der Waals surface area contributed by atoms with E-state index in [9.17, 15) is 14.0 Å². The summed E-state index contributed by atoms with van der Waals surface area (Å²) in [5, 5.41) is 2.88. The second-order valence-electron chi connectivity index (χ2n) is 7.50. The van der Waals surface area contributed by atoms with Crippen LogP contribution >= 0.6 is 22.6 Å². The number of hydrogen-bond acceptors (Lipinski definition) is 4. The SMILES string of the molecule is CN(C(=O)[C@@H](N)Cc1ccc(I)cc1)[C@@H](CCCN)C(=O)NCCc1ccc(F)cc1. The molecule has 2 rings (SSSR count). The van der Waals surface area contributed by atoms with Gasteiger partial charge in [-0.1, -0.05) is 24.3 Å². The predicted molar refractivity (Wildman–Crippen MR) is 129 cm³/mol. The van der Waals surface area contributed by atoms with Crippen molar-refractivity contribution in [1.82, 2.24) is 10.2 Å². The molecule has 0 unspecified atom stereocenters. The average molecular weight is 540 g/mol. The predicted octanol–water partition coefficient (Wildman–Crippen LogP) is 2.22. The molecule has 8 heteroatoms. The van der Waals surface area contributed by atoms with Crippen molar-refractivity contribution in [1.29, 1.82) is 0 Å². The summed E-state index contributed by atoms with van der Waals surface area (Å²) in [6.45, 7) is 0.816. The molecule has 0 aliphatic rings. The maximum absolute atomic E-state index is 13.0. The first kappa shape index (κ1) is 25.2. The molecule has 0 saturated heterocycles. The Morgan fingerprint density at radius 2 is 1.71 bits per heavy atom. The molecule has 2 aromatic rings. The number of likely N-dealkylation sites (N-methyl/N-ethyl adjacent to an activating group) is 1. The smallest absolute Gasteiger partial charge is 0.242 e. The van der Waals surface area contributed by atoms with Gasteiger partial charge in [-0.05, 0) is 90.2 Å². The standard InChI is InChI=1S/C23H30FIN4O2/c1-29(23(31)20(27)15-17-6-10-19(25)11-7-17)21(3-2-13-26)22(30)28-14-12-16-4-8-18(24)9-5-16/h4-11,20-21H,2-3,12-15,26-27H2,1H3,(H,28,30)/t20-,21-/m0/s1. The van der Waals surface area contributed by atoms with E-state index in [0.29, 0.717) is 38.8 Å². The van der Waals surface area contributed by atoms with Crippen LogP contribution in [0.2, 0.25) is 0 Å². The largest absolute Gasteiger partial charge is 0.354 e. The first-order valence-electron chi connectivity index (χ1n) is 10.3. The molecule has 0 fully saturated rings. The van der Waals surface area contributed by atoms with Gasteiger partial charge >= 0.3 is 0 Å². The van der Waals surface area contributed by atoms with Gasteiger partial charge in [0.25, 0.3) is 0 Å². The van der Waals surface area contributed by atoms with Gasteiger partial charge in [0.05, 0.1) is 6.04 Å². The number of hydrogen-bond donors (Lipinski definition) is 3. The highest BCUT2D eigenvalue weighted by Crippen LogP contribution is 2.12. The van der Waals surface area contributed by atoms with E-state index in [-0.39, 0.29) is 17.6 Å². The fourth-order valence-corrected chi connectivity index (χ4v) is 3.65. The Morgan fingerprint density at radius 1 is 1.10 bits per heavy atom. The molecule has 6 nitrogen and oxygen atoms in total. The van der Waals surface area contributed by atoms with Gasteiger partial charge in [0, 0.05) is 17.2 Å². The van der Waals surface area contributed by atoms with E-state index in [1.807, 2.05) is 24.3 Å². The normalized spacial score (nSPS) is 12.8. The molecule has 31 heavy (non-hydrogen) atoms. The Bertz CT molecular complexity index is 846. The number of carbonyl (C=O) groups excluding carboxylic acids is 2. The summed E-state index contributed by atoms with van der Waals surface area (Å²) in [7, 11) is 1.61. The zero-order valence-electron chi connectivity index (χ0n) is 17.7. The Hall–Kier alpha value is -2.04. The van der Waals surface area contributed by atoms with Crippen LogP contribution in [0.3, 0.4) is 0 Å². The highest BCUT2D eigenvalue weighted by Gasteiger charge is 2.29. The molecule has 0 spiro atoms. The summed E-state index contributed by atoms with van der Waals surface area (Å²) in [4.78, 5) is 27.1. The van der Waals surface area contributed by atoms with Crippen molar-refractivity contribution in [3.8, 4) is 0 Å². The molecule has 0 heterocycles. The lowest BCUT2D eigenvalue weighted by atomic mass is 10.0. The Morgan fingerprint density at radius 3 is 2.32 bits per heavy atom. The molecule has 0 saturated carbocycles. The van der Waals surface area contributed by atoms with Crippen molar-refractivity contribution in [2.24, 2.45) is 11.5 Å². The number of nitrogens with zero attached hydrogens (tertiary/aromatic N) is 1. The van der Waals surface area contributed by atoms with Crippen LogP contribution < -0.4 is 16.8 Å². The summed E-state index contributed by atoms with van der Waals surface area (Å²) < 4.78 is 14.1. The molecule has 0 aliphatic carbocycles. The van der Waals surface area contributed by atoms with Crippen LogP contribution in [0.4, 0.5) is 4.39 Å². The third-order valence-corrected chi connectivity index (χ3v) is 5.83. The second kappa shape index (κ2) is 12.7. The molecule has 0 bridgehead atoms. The van der Waals surface area contributed by atoms with Crippen LogP contribution in [0.1, 0.15) is 24.0 Å². The van der Waals surface area contributed by atoms with E-state index in [0.717, 1.165) is 14.7 Å². The van der Waals surface area contributed by atoms with Crippen molar-refractivity contribution in [2.75, 3.05) is 20.1 Å². The minimum atomic E-state index is -0.738. The van der Waals surface area contributed by atoms with Gasteiger partial charge in [0.2, 0.25) is 11.8 Å². The number of benzene rings is 2. The highest BCUT2D eigenvalue weighted by atomic mass is 127. The lowest BCUT2D eigenvalue weighted by molar-refractivity contribution is -0.140. The van der Waals surface area contributed by atoms with E-state index in [1.54, 1.807) is 19.2 Å². The Kier molecular flexibility index (Phi) is 10.4. The molecule has 168 valence electrons. The molecule has 2 atom stereocenters. The van der Waals surface area contributed by atoms with Gasteiger partial charge in [0.1, 0.15) is 11.9 Å². The van der Waals surface area contributed by atoms with Crippen LogP contribution in [-0.2, 0) is 22.4 Å². The second-order valence-corrected chi connectivity index (χ2v) is 8.75. The molecule has 5 N–H and O–H groups in total. The lowest BCUT2D eigenvalue weighted by Crippen LogP contribution is -2.53. The number of carbonyl (C=O) groups is 2. The van der Waals surface area contributed by atoms with E-state index >= 15 is 0 Å². The van der Waals surface area contributed by atoms with Crippen LogP contribution in [0.5, 0.6) is 0 Å². The molecular formula is C23H30FIN4O2. The number of nitrogens with two attached hydrogens (primary N) is 2. The minimum absolute atomic E-state index is 0.243. The maximum atomic E-state index is 13.0. The number of rotatable bonds is 11. The lowest BCUT2D eigenvalue weighted by Gasteiger charge is -2.29. The van der Waals surface area contributed by atoms with E-state index < -0.39 is 12.1 Å². The minimum Gasteiger partial charge on any atom is -0.354 e. The van der Waals surface area contributed by atoms with Gasteiger partial charge in [-0.3, -0.25) is 9.59 Å². The van der Waals surface area contributed by atoms with Crippen molar-refractivity contribution < 1.29 is 14.0 Å². The Labute approximate surface area is 196 Å². The van der Waals surface area contributed by atoms with Crippen molar-refractivity contribution >= 4 is 34.4 Å². The van der Waals surface area contributed by atoms with Crippen LogP contribution in [0, 0.1) is 9.39 Å². The monoisotopic (exact) mass is 540 g/mol. The first-order valence-corrected chi connectivity index (χ1v) is 11.4. The molecule has 2 aromatic carbocycles. The molecule has 0 aliphatic heterocycles.